The average Bonchev–Trinajstić information content (AvgIpc) is 3.70. The lowest BCUT2D eigenvalue weighted by atomic mass is 10.2. The Morgan fingerprint density at radius 1 is 0.962 bits per heavy atom. The number of nitrogens with zero attached hydrogens (tertiary/aromatic N) is 6. The first kappa shape index (κ1) is 37.0. The zero-order chi connectivity index (χ0) is 37.6. The van der Waals surface area contributed by atoms with E-state index in [9.17, 15) is 35.7 Å². The van der Waals surface area contributed by atoms with Gasteiger partial charge in [-0.25, -0.2) is 31.8 Å². The van der Waals surface area contributed by atoms with Crippen molar-refractivity contribution in [3.63, 3.8) is 0 Å². The van der Waals surface area contributed by atoms with Crippen LogP contribution in [-0.4, -0.2) is 44.5 Å². The van der Waals surface area contributed by atoms with E-state index in [1.54, 1.807) is 43.3 Å². The van der Waals surface area contributed by atoms with E-state index in [-0.39, 0.29) is 28.5 Å². The van der Waals surface area contributed by atoms with Crippen molar-refractivity contribution < 1.29 is 35.5 Å². The van der Waals surface area contributed by atoms with E-state index >= 15 is 0 Å². The third-order valence-electron chi connectivity index (χ3n) is 7.81. The third kappa shape index (κ3) is 8.34. The standard InChI is InChI=1S/C30H24F3N7O2.C6H6O3S/c1-20-27(26-11-15-36-40(26)24-8-6-22(19-34)7-9-24)39(28(41)35-14-10-21-12-16-37(2)17-13-21)29(42)38(20)25-5-3-4-23(18-25)30(31,32)33;7-10(8,9)6-4-2-1-3-5-6/h3-9,11-13,15-18H,10,14H2,1-2H3;1-5H,(H,7,8,9). The summed E-state index contributed by atoms with van der Waals surface area (Å²) in [6.07, 6.45) is 1.11. The molecule has 266 valence electrons. The first-order valence-corrected chi connectivity index (χ1v) is 16.9. The van der Waals surface area contributed by atoms with E-state index in [4.69, 9.17) is 5.26 Å². The van der Waals surface area contributed by atoms with Gasteiger partial charge in [0.2, 0.25) is 0 Å². The van der Waals surface area contributed by atoms with Crippen molar-refractivity contribution in [1.29, 1.82) is 5.26 Å². The summed E-state index contributed by atoms with van der Waals surface area (Å²) in [7, 11) is -2.36. The van der Waals surface area contributed by atoms with Gasteiger partial charge in [0.05, 0.1) is 51.1 Å². The number of hydrogen-bond acceptors (Lipinski definition) is 7. The molecule has 1 amide bonds. The van der Waals surface area contributed by atoms with Gasteiger partial charge in [-0.3, -0.25) is 4.57 Å². The monoisotopic (exact) mass is 729 g/mol. The van der Waals surface area contributed by atoms with Crippen LogP contribution < -0.4 is 15.6 Å². The van der Waals surface area contributed by atoms with Gasteiger partial charge in [-0.1, -0.05) is 24.3 Å². The minimum Gasteiger partial charge on any atom is -0.744 e. The van der Waals surface area contributed by atoms with Crippen molar-refractivity contribution in [3.05, 3.63) is 149 Å². The number of aromatic nitrogens is 5. The number of alkyl halides is 3. The minimum atomic E-state index is -4.63. The molecule has 0 aliphatic rings. The number of imidazole rings is 1. The molecule has 0 saturated heterocycles. The van der Waals surface area contributed by atoms with Crippen LogP contribution in [0.4, 0.5) is 18.0 Å². The van der Waals surface area contributed by atoms with Crippen molar-refractivity contribution >= 4 is 16.1 Å². The van der Waals surface area contributed by atoms with Gasteiger partial charge in [-0.2, -0.15) is 23.5 Å². The van der Waals surface area contributed by atoms with Crippen molar-refractivity contribution in [1.82, 2.24) is 24.2 Å². The molecule has 0 aliphatic heterocycles. The smallest absolute Gasteiger partial charge is 0.416 e. The quantitative estimate of drug-likeness (QED) is 0.181. The number of amides is 1. The molecular weight excluding hydrogens is 700 g/mol. The van der Waals surface area contributed by atoms with Crippen molar-refractivity contribution in [3.8, 4) is 28.8 Å². The van der Waals surface area contributed by atoms with E-state index < -0.39 is 33.6 Å². The molecule has 1 N–H and O–H groups in total. The topological polar surface area (TPSA) is 159 Å². The molecule has 0 unspecified atom stereocenters. The predicted octanol–water partition coefficient (Wildman–Crippen LogP) is 4.91. The van der Waals surface area contributed by atoms with Crippen molar-refractivity contribution in [2.24, 2.45) is 7.05 Å². The van der Waals surface area contributed by atoms with Crippen LogP contribution in [0.25, 0.3) is 22.8 Å². The number of nitrogens with one attached hydrogen (secondary N) is 1. The maximum absolute atomic E-state index is 13.8. The number of carbonyl (C=O) groups is 1. The van der Waals surface area contributed by atoms with Crippen LogP contribution in [0.1, 0.15) is 22.4 Å². The molecule has 3 aromatic carbocycles. The Morgan fingerprint density at radius 2 is 1.63 bits per heavy atom. The summed E-state index contributed by atoms with van der Waals surface area (Å²) < 4.78 is 76.8. The van der Waals surface area contributed by atoms with Gasteiger partial charge in [0.15, 0.2) is 12.4 Å². The molecule has 0 radical (unpaired) electrons. The first-order chi connectivity index (χ1) is 24.7. The Kier molecular flexibility index (Phi) is 10.9. The van der Waals surface area contributed by atoms with Crippen LogP contribution in [0.15, 0.2) is 125 Å². The second kappa shape index (κ2) is 15.3. The second-order valence-electron chi connectivity index (χ2n) is 11.3. The highest BCUT2D eigenvalue weighted by Gasteiger charge is 2.32. The van der Waals surface area contributed by atoms with Gasteiger partial charge in [0.1, 0.15) is 22.9 Å². The largest absolute Gasteiger partial charge is 0.744 e. The Bertz CT molecular complexity index is 2410. The lowest BCUT2D eigenvalue weighted by Crippen LogP contribution is -2.38. The number of halogens is 3. The second-order valence-corrected chi connectivity index (χ2v) is 12.7. The highest BCUT2D eigenvalue weighted by atomic mass is 32.2. The Hall–Kier alpha value is -6.31. The van der Waals surface area contributed by atoms with Gasteiger partial charge >= 0.3 is 17.9 Å². The summed E-state index contributed by atoms with van der Waals surface area (Å²) >= 11 is 0. The van der Waals surface area contributed by atoms with Crippen LogP contribution in [0.3, 0.4) is 0 Å². The lowest BCUT2D eigenvalue weighted by molar-refractivity contribution is -0.671. The maximum atomic E-state index is 13.8. The molecular formula is C36H30F3N7O5S. The molecule has 3 aromatic heterocycles. The molecule has 52 heavy (non-hydrogen) atoms. The average molecular weight is 730 g/mol. The Labute approximate surface area is 296 Å². The van der Waals surface area contributed by atoms with Crippen LogP contribution >= 0.6 is 0 Å². The summed E-state index contributed by atoms with van der Waals surface area (Å²) in [5.74, 6) is 0. The molecule has 12 nitrogen and oxygen atoms in total. The van der Waals surface area contributed by atoms with Crippen LogP contribution in [0.5, 0.6) is 0 Å². The zero-order valence-electron chi connectivity index (χ0n) is 27.7. The van der Waals surface area contributed by atoms with Crippen molar-refractivity contribution in [2.45, 2.75) is 24.4 Å². The number of pyridine rings is 1. The van der Waals surface area contributed by atoms with Gasteiger partial charge in [-0.15, -0.1) is 0 Å². The number of rotatable bonds is 7. The third-order valence-corrected chi connectivity index (χ3v) is 8.66. The highest BCUT2D eigenvalue weighted by Crippen LogP contribution is 2.32. The van der Waals surface area contributed by atoms with Gasteiger partial charge in [-0.05, 0) is 79.6 Å². The van der Waals surface area contributed by atoms with Crippen molar-refractivity contribution in [2.75, 3.05) is 6.54 Å². The molecule has 3 heterocycles. The van der Waals surface area contributed by atoms with Gasteiger partial charge < -0.3 is 9.87 Å². The number of benzene rings is 3. The summed E-state index contributed by atoms with van der Waals surface area (Å²) in [5, 5.41) is 16.3. The predicted molar refractivity (Wildman–Crippen MR) is 182 cm³/mol. The number of nitriles is 1. The van der Waals surface area contributed by atoms with E-state index in [1.165, 1.54) is 47.3 Å². The van der Waals surface area contributed by atoms with Crippen LogP contribution in [0.2, 0.25) is 0 Å². The summed E-state index contributed by atoms with van der Waals surface area (Å²) in [6, 6.07) is 24.8. The van der Waals surface area contributed by atoms with Crippen LogP contribution in [-0.2, 0) is 29.8 Å². The molecule has 0 saturated carbocycles. The minimum absolute atomic E-state index is 0.0401. The SMILES string of the molecule is Cc1c(-c2ccnn2-c2ccc(C#N)cc2)n(C(=O)NCCc2cc[n+](C)cc2)c(=O)n1-c1cccc(C(F)(F)F)c1.O=S(=O)([O-])c1ccccc1. The van der Waals surface area contributed by atoms with Gasteiger partial charge in [0, 0.05) is 18.7 Å². The molecule has 0 bridgehead atoms. The fourth-order valence-electron chi connectivity index (χ4n) is 5.26. The van der Waals surface area contributed by atoms with E-state index in [1.807, 2.05) is 42.2 Å². The van der Waals surface area contributed by atoms with E-state index in [0.717, 1.165) is 26.8 Å². The van der Waals surface area contributed by atoms with E-state index in [0.29, 0.717) is 23.4 Å². The molecule has 0 spiro atoms. The molecule has 0 aliphatic carbocycles. The zero-order valence-corrected chi connectivity index (χ0v) is 28.5. The summed E-state index contributed by atoms with van der Waals surface area (Å²) in [6.45, 7) is 1.77. The fourth-order valence-corrected chi connectivity index (χ4v) is 5.76. The van der Waals surface area contributed by atoms with Gasteiger partial charge in [0.25, 0.3) is 0 Å². The molecule has 6 aromatic rings. The summed E-state index contributed by atoms with van der Waals surface area (Å²) in [5.41, 5.74) is 0.899. The van der Waals surface area contributed by atoms with E-state index in [2.05, 4.69) is 10.4 Å². The summed E-state index contributed by atoms with van der Waals surface area (Å²) in [4.78, 5) is 27.2. The Morgan fingerprint density at radius 3 is 2.23 bits per heavy atom. The molecule has 0 fully saturated rings. The fraction of sp³-hybridized carbons (Fsp3) is 0.139. The molecule has 0 atom stereocenters. The lowest BCUT2D eigenvalue weighted by Gasteiger charge is -2.12. The number of hydrogen-bond donors (Lipinski definition) is 1. The normalized spacial score (nSPS) is 11.3. The Balaban J connectivity index is 0.000000452. The molecule has 6 rings (SSSR count). The first-order valence-electron chi connectivity index (χ1n) is 15.5. The number of aryl methyl sites for hydroxylation is 1. The molecule has 16 heteroatoms. The van der Waals surface area contributed by atoms with Crippen LogP contribution in [0, 0.1) is 18.3 Å². The maximum Gasteiger partial charge on any atom is 0.416 e. The highest BCUT2D eigenvalue weighted by molar-refractivity contribution is 7.85. The number of carbonyl (C=O) groups excluding carboxylic acids is 1.